The van der Waals surface area contributed by atoms with Gasteiger partial charge in [-0.1, -0.05) is 50.2 Å². The predicted octanol–water partition coefficient (Wildman–Crippen LogP) is 5.44. The summed E-state index contributed by atoms with van der Waals surface area (Å²) in [5.74, 6) is -0.290. The van der Waals surface area contributed by atoms with Gasteiger partial charge in [-0.25, -0.2) is 0 Å². The fourth-order valence-electron chi connectivity index (χ4n) is 4.26. The smallest absolute Gasteiger partial charge is 0.254 e. The molecular formula is C26H28N2O3S. The van der Waals surface area contributed by atoms with Crippen LogP contribution in [0.1, 0.15) is 58.1 Å². The summed E-state index contributed by atoms with van der Waals surface area (Å²) in [6.07, 6.45) is 0. The molecule has 166 valence electrons. The van der Waals surface area contributed by atoms with Gasteiger partial charge < -0.3 is 15.0 Å². The third-order valence-corrected chi connectivity index (χ3v) is 6.88. The second-order valence-corrected chi connectivity index (χ2v) is 9.26. The van der Waals surface area contributed by atoms with Gasteiger partial charge in [0.15, 0.2) is 0 Å². The monoisotopic (exact) mass is 448 g/mol. The average Bonchev–Trinajstić information content (AvgIpc) is 3.33. The third kappa shape index (κ3) is 4.33. The number of fused-ring (bicyclic) bond motifs is 1. The Hall–Kier alpha value is -2.96. The lowest BCUT2D eigenvalue weighted by molar-refractivity contribution is -0.119. The van der Waals surface area contributed by atoms with Crippen LogP contribution in [0.25, 0.3) is 0 Å². The van der Waals surface area contributed by atoms with Crippen molar-refractivity contribution in [3.8, 4) is 0 Å². The number of rotatable bonds is 7. The van der Waals surface area contributed by atoms with E-state index in [0.29, 0.717) is 24.6 Å². The normalized spacial score (nSPS) is 18.0. The van der Waals surface area contributed by atoms with Crippen molar-refractivity contribution in [3.05, 3.63) is 87.6 Å². The third-order valence-electron chi connectivity index (χ3n) is 5.94. The number of hydrogen-bond acceptors (Lipinski definition) is 4. The van der Waals surface area contributed by atoms with Gasteiger partial charge in [-0.3, -0.25) is 9.59 Å². The molecule has 0 unspecified atom stereocenters. The molecule has 1 aliphatic rings. The van der Waals surface area contributed by atoms with Gasteiger partial charge in [0.05, 0.1) is 18.6 Å². The molecule has 32 heavy (non-hydrogen) atoms. The van der Waals surface area contributed by atoms with E-state index in [9.17, 15) is 9.59 Å². The second-order valence-electron chi connectivity index (χ2n) is 8.28. The minimum Gasteiger partial charge on any atom is -0.383 e. The summed E-state index contributed by atoms with van der Waals surface area (Å²) < 4.78 is 5.28. The molecule has 0 saturated heterocycles. The molecule has 1 N–H and O–H groups in total. The SMILES string of the molecule is COCCN1C(=O)c2ccccc2[C@@H](C(=O)Nc2ccc(C(C)C)cc2)[C@@H]1c1cccs1. The van der Waals surface area contributed by atoms with Crippen LogP contribution in [0, 0.1) is 0 Å². The maximum Gasteiger partial charge on any atom is 0.254 e. The van der Waals surface area contributed by atoms with Crippen LogP contribution in [-0.4, -0.2) is 37.0 Å². The van der Waals surface area contributed by atoms with Gasteiger partial charge in [-0.05, 0) is 46.7 Å². The van der Waals surface area contributed by atoms with E-state index in [1.165, 1.54) is 5.56 Å². The largest absolute Gasteiger partial charge is 0.383 e. The van der Waals surface area contributed by atoms with E-state index < -0.39 is 5.92 Å². The summed E-state index contributed by atoms with van der Waals surface area (Å²) in [6, 6.07) is 19.0. The molecule has 0 spiro atoms. The fraction of sp³-hybridized carbons (Fsp3) is 0.308. The standard InChI is InChI=1S/C26H28N2O3S/c1-17(2)18-10-12-19(13-11-18)27-25(29)23-20-7-4-5-8-21(20)26(30)28(14-15-31-3)24(23)22-9-6-16-32-22/h4-13,16-17,23-24H,14-15H2,1-3H3,(H,27,29)/t23-,24+/m1/s1. The first kappa shape index (κ1) is 22.2. The Morgan fingerprint density at radius 2 is 1.84 bits per heavy atom. The van der Waals surface area contributed by atoms with Crippen LogP contribution < -0.4 is 5.32 Å². The van der Waals surface area contributed by atoms with Crippen molar-refractivity contribution in [1.29, 1.82) is 0 Å². The predicted molar refractivity (Wildman–Crippen MR) is 128 cm³/mol. The number of ether oxygens (including phenoxy) is 1. The Bertz CT molecular complexity index is 1080. The number of carbonyl (C=O) groups excluding carboxylic acids is 2. The number of benzene rings is 2. The van der Waals surface area contributed by atoms with Crippen LogP contribution in [0.2, 0.25) is 0 Å². The number of hydrogen-bond donors (Lipinski definition) is 1. The molecule has 5 nitrogen and oxygen atoms in total. The number of carbonyl (C=O) groups is 2. The van der Waals surface area contributed by atoms with Gasteiger partial charge in [0.2, 0.25) is 5.91 Å². The molecular weight excluding hydrogens is 420 g/mol. The highest BCUT2D eigenvalue weighted by atomic mass is 32.1. The zero-order chi connectivity index (χ0) is 22.7. The van der Waals surface area contributed by atoms with Gasteiger partial charge in [0.1, 0.15) is 0 Å². The summed E-state index contributed by atoms with van der Waals surface area (Å²) in [5, 5.41) is 5.08. The quantitative estimate of drug-likeness (QED) is 0.524. The number of methoxy groups -OCH3 is 1. The zero-order valence-corrected chi connectivity index (χ0v) is 19.4. The van der Waals surface area contributed by atoms with Crippen LogP contribution in [0.5, 0.6) is 0 Å². The first-order chi connectivity index (χ1) is 15.5. The highest BCUT2D eigenvalue weighted by Gasteiger charge is 2.44. The topological polar surface area (TPSA) is 58.6 Å². The summed E-state index contributed by atoms with van der Waals surface area (Å²) in [4.78, 5) is 29.9. The summed E-state index contributed by atoms with van der Waals surface area (Å²) in [7, 11) is 1.62. The molecule has 1 aliphatic heterocycles. The van der Waals surface area contributed by atoms with Crippen LogP contribution in [0.15, 0.2) is 66.0 Å². The first-order valence-electron chi connectivity index (χ1n) is 10.8. The van der Waals surface area contributed by atoms with E-state index >= 15 is 0 Å². The minimum atomic E-state index is -0.524. The van der Waals surface area contributed by atoms with Gasteiger partial charge in [0.25, 0.3) is 5.91 Å². The van der Waals surface area contributed by atoms with E-state index in [-0.39, 0.29) is 17.9 Å². The maximum absolute atomic E-state index is 13.7. The summed E-state index contributed by atoms with van der Waals surface area (Å²) >= 11 is 1.56. The summed E-state index contributed by atoms with van der Waals surface area (Å²) in [6.45, 7) is 5.10. The van der Waals surface area contributed by atoms with E-state index in [1.54, 1.807) is 29.4 Å². The second kappa shape index (κ2) is 9.67. The highest BCUT2D eigenvalue weighted by molar-refractivity contribution is 7.10. The van der Waals surface area contributed by atoms with Gasteiger partial charge in [-0.15, -0.1) is 11.3 Å². The van der Waals surface area contributed by atoms with Crippen molar-refractivity contribution in [2.75, 3.05) is 25.6 Å². The van der Waals surface area contributed by atoms with Gasteiger partial charge in [0, 0.05) is 29.8 Å². The number of nitrogens with one attached hydrogen (secondary N) is 1. The van der Waals surface area contributed by atoms with Crippen molar-refractivity contribution < 1.29 is 14.3 Å². The fourth-order valence-corrected chi connectivity index (χ4v) is 5.13. The first-order valence-corrected chi connectivity index (χ1v) is 11.7. The molecule has 1 aromatic heterocycles. The molecule has 2 aromatic carbocycles. The Kier molecular flexibility index (Phi) is 6.72. The van der Waals surface area contributed by atoms with E-state index in [2.05, 4.69) is 19.2 Å². The Labute approximate surface area is 193 Å². The molecule has 0 aliphatic carbocycles. The van der Waals surface area contributed by atoms with Crippen LogP contribution >= 0.6 is 11.3 Å². The van der Waals surface area contributed by atoms with E-state index in [0.717, 1.165) is 16.1 Å². The van der Waals surface area contributed by atoms with E-state index in [4.69, 9.17) is 4.74 Å². The van der Waals surface area contributed by atoms with E-state index in [1.807, 2.05) is 60.0 Å². The molecule has 6 heteroatoms. The highest BCUT2D eigenvalue weighted by Crippen LogP contribution is 2.44. The van der Waals surface area contributed by atoms with Crippen LogP contribution in [0.3, 0.4) is 0 Å². The zero-order valence-electron chi connectivity index (χ0n) is 18.6. The summed E-state index contributed by atoms with van der Waals surface area (Å²) in [5.41, 5.74) is 3.31. The molecule has 2 atom stereocenters. The minimum absolute atomic E-state index is 0.0682. The maximum atomic E-state index is 13.7. The Morgan fingerprint density at radius 1 is 1.09 bits per heavy atom. The molecule has 0 radical (unpaired) electrons. The van der Waals surface area contributed by atoms with Crippen molar-refractivity contribution in [3.63, 3.8) is 0 Å². The molecule has 2 amide bonds. The van der Waals surface area contributed by atoms with Gasteiger partial charge >= 0.3 is 0 Å². The lowest BCUT2D eigenvalue weighted by Gasteiger charge is -2.41. The molecule has 0 saturated carbocycles. The molecule has 0 fully saturated rings. The van der Waals surface area contributed by atoms with Crippen molar-refractivity contribution in [1.82, 2.24) is 4.90 Å². The molecule has 4 rings (SSSR count). The number of thiophene rings is 1. The van der Waals surface area contributed by atoms with Crippen molar-refractivity contribution in [2.24, 2.45) is 0 Å². The average molecular weight is 449 g/mol. The Balaban J connectivity index is 1.74. The number of amides is 2. The van der Waals surface area contributed by atoms with Crippen molar-refractivity contribution in [2.45, 2.75) is 31.7 Å². The number of anilines is 1. The van der Waals surface area contributed by atoms with Gasteiger partial charge in [-0.2, -0.15) is 0 Å². The molecule has 0 bridgehead atoms. The molecule has 3 aromatic rings. The lowest BCUT2D eigenvalue weighted by atomic mass is 9.81. The lowest BCUT2D eigenvalue weighted by Crippen LogP contribution is -2.47. The number of nitrogens with zero attached hydrogens (tertiary/aromatic N) is 1. The van der Waals surface area contributed by atoms with Crippen LogP contribution in [-0.2, 0) is 9.53 Å². The van der Waals surface area contributed by atoms with Crippen molar-refractivity contribution >= 4 is 28.8 Å². The van der Waals surface area contributed by atoms with Crippen LogP contribution in [0.4, 0.5) is 5.69 Å². The Morgan fingerprint density at radius 3 is 2.50 bits per heavy atom. The molecule has 2 heterocycles.